The van der Waals surface area contributed by atoms with Gasteiger partial charge in [0, 0.05) is 24.4 Å². The highest BCUT2D eigenvalue weighted by Gasteiger charge is 2.14. The first kappa shape index (κ1) is 14.1. The molecule has 7 nitrogen and oxygen atoms in total. The second kappa shape index (κ2) is 5.88. The number of ether oxygens (including phenoxy) is 2. The van der Waals surface area contributed by atoms with Crippen molar-refractivity contribution in [3.63, 3.8) is 0 Å². The maximum Gasteiger partial charge on any atom is 0.276 e. The maximum absolute atomic E-state index is 12.2. The third-order valence-electron chi connectivity index (χ3n) is 3.20. The number of fused-ring (bicyclic) bond motifs is 1. The Kier molecular flexibility index (Phi) is 3.78. The summed E-state index contributed by atoms with van der Waals surface area (Å²) < 4.78 is 12.1. The topological polar surface area (TPSA) is 82.5 Å². The smallest absolute Gasteiger partial charge is 0.276 e. The molecule has 1 N–H and O–H groups in total. The van der Waals surface area contributed by atoms with Crippen molar-refractivity contribution in [3.05, 3.63) is 46.4 Å². The van der Waals surface area contributed by atoms with Crippen molar-refractivity contribution in [1.82, 2.24) is 9.78 Å². The van der Waals surface area contributed by atoms with Gasteiger partial charge in [0.1, 0.15) is 18.9 Å². The summed E-state index contributed by atoms with van der Waals surface area (Å²) >= 11 is 0. The molecule has 0 spiro atoms. The number of aryl methyl sites for hydroxylation is 1. The molecule has 2 heterocycles. The van der Waals surface area contributed by atoms with Crippen LogP contribution >= 0.6 is 0 Å². The highest BCUT2D eigenvalue weighted by atomic mass is 16.6. The number of nitrogens with one attached hydrogen (secondary N) is 1. The average molecular weight is 301 g/mol. The van der Waals surface area contributed by atoms with Crippen LogP contribution in [0, 0.1) is 0 Å². The summed E-state index contributed by atoms with van der Waals surface area (Å²) in [5, 5.41) is 6.74. The molecule has 0 saturated heterocycles. The summed E-state index contributed by atoms with van der Waals surface area (Å²) in [6.07, 6.45) is 0. The van der Waals surface area contributed by atoms with E-state index in [-0.39, 0.29) is 17.2 Å². The molecule has 1 aromatic heterocycles. The molecule has 1 aliphatic heterocycles. The number of carbonyl (C=O) groups excluding carboxylic acids is 1. The Morgan fingerprint density at radius 2 is 2.00 bits per heavy atom. The van der Waals surface area contributed by atoms with Crippen molar-refractivity contribution < 1.29 is 14.3 Å². The fourth-order valence-electron chi connectivity index (χ4n) is 2.11. The summed E-state index contributed by atoms with van der Waals surface area (Å²) in [5.74, 6) is 0.858. The lowest BCUT2D eigenvalue weighted by Gasteiger charge is -2.18. The average Bonchev–Trinajstić information content (AvgIpc) is 2.55. The van der Waals surface area contributed by atoms with Gasteiger partial charge in [0.05, 0.1) is 0 Å². The predicted octanol–water partition coefficient (Wildman–Crippen LogP) is 1.29. The minimum atomic E-state index is -0.390. The van der Waals surface area contributed by atoms with Crippen molar-refractivity contribution in [1.29, 1.82) is 0 Å². The van der Waals surface area contributed by atoms with Crippen LogP contribution in [0.4, 0.5) is 5.69 Å². The number of hydrogen-bond acceptors (Lipinski definition) is 5. The standard InChI is InChI=1S/C15H15N3O4/c1-2-18-14(19)6-4-11(17-18)15(20)16-10-3-5-12-13(9-10)22-8-7-21-12/h3-6,9H,2,7-8H2,1H3,(H,16,20). The van der Waals surface area contributed by atoms with E-state index in [2.05, 4.69) is 10.4 Å². The van der Waals surface area contributed by atoms with Crippen LogP contribution < -0.4 is 20.3 Å². The summed E-state index contributed by atoms with van der Waals surface area (Å²) in [4.78, 5) is 23.7. The zero-order valence-corrected chi connectivity index (χ0v) is 12.0. The minimum Gasteiger partial charge on any atom is -0.486 e. The molecule has 7 heteroatoms. The first-order valence-electron chi connectivity index (χ1n) is 6.96. The molecular formula is C15H15N3O4. The maximum atomic E-state index is 12.2. The van der Waals surface area contributed by atoms with Crippen molar-refractivity contribution in [2.24, 2.45) is 0 Å². The van der Waals surface area contributed by atoms with Gasteiger partial charge in [-0.1, -0.05) is 0 Å². The molecule has 2 aromatic rings. The minimum absolute atomic E-state index is 0.177. The number of anilines is 1. The van der Waals surface area contributed by atoms with Gasteiger partial charge in [-0.25, -0.2) is 4.68 Å². The molecule has 0 bridgehead atoms. The number of rotatable bonds is 3. The van der Waals surface area contributed by atoms with Crippen molar-refractivity contribution >= 4 is 11.6 Å². The van der Waals surface area contributed by atoms with E-state index in [4.69, 9.17) is 9.47 Å². The first-order valence-corrected chi connectivity index (χ1v) is 6.96. The van der Waals surface area contributed by atoms with Gasteiger partial charge < -0.3 is 14.8 Å². The molecule has 22 heavy (non-hydrogen) atoms. The van der Waals surface area contributed by atoms with Gasteiger partial charge >= 0.3 is 0 Å². The Hall–Kier alpha value is -2.83. The van der Waals surface area contributed by atoms with E-state index in [9.17, 15) is 9.59 Å². The Balaban J connectivity index is 1.81. The van der Waals surface area contributed by atoms with Crippen LogP contribution in [0.25, 0.3) is 0 Å². The Labute approximate surface area is 126 Å². The molecule has 0 fully saturated rings. The third kappa shape index (κ3) is 2.78. The van der Waals surface area contributed by atoms with Crippen LogP contribution in [0.3, 0.4) is 0 Å². The molecule has 1 aromatic carbocycles. The molecular weight excluding hydrogens is 286 g/mol. The number of nitrogens with zero attached hydrogens (tertiary/aromatic N) is 2. The second-order valence-corrected chi connectivity index (χ2v) is 4.69. The van der Waals surface area contributed by atoms with Gasteiger partial charge in [-0.05, 0) is 25.1 Å². The van der Waals surface area contributed by atoms with Crippen molar-refractivity contribution in [2.75, 3.05) is 18.5 Å². The number of amides is 1. The third-order valence-corrected chi connectivity index (χ3v) is 3.20. The fourth-order valence-corrected chi connectivity index (χ4v) is 2.11. The van der Waals surface area contributed by atoms with E-state index in [1.165, 1.54) is 16.8 Å². The van der Waals surface area contributed by atoms with Gasteiger partial charge in [-0.2, -0.15) is 5.10 Å². The van der Waals surface area contributed by atoms with E-state index in [0.717, 1.165) is 0 Å². The van der Waals surface area contributed by atoms with E-state index in [0.29, 0.717) is 36.9 Å². The summed E-state index contributed by atoms with van der Waals surface area (Å²) in [5.41, 5.74) is 0.514. The van der Waals surface area contributed by atoms with Crippen molar-refractivity contribution in [2.45, 2.75) is 13.5 Å². The van der Waals surface area contributed by atoms with Crippen LogP contribution in [0.15, 0.2) is 35.1 Å². The predicted molar refractivity (Wildman–Crippen MR) is 79.6 cm³/mol. The number of hydrogen-bond donors (Lipinski definition) is 1. The SMILES string of the molecule is CCn1nc(C(=O)Nc2ccc3c(c2)OCCO3)ccc1=O. The lowest BCUT2D eigenvalue weighted by molar-refractivity contribution is 0.102. The fraction of sp³-hybridized carbons (Fsp3) is 0.267. The monoisotopic (exact) mass is 301 g/mol. The zero-order chi connectivity index (χ0) is 15.5. The molecule has 3 rings (SSSR count). The molecule has 0 radical (unpaired) electrons. The van der Waals surface area contributed by atoms with Gasteiger partial charge in [0.15, 0.2) is 11.5 Å². The van der Waals surface area contributed by atoms with Gasteiger partial charge in [0.25, 0.3) is 11.5 Å². The lowest BCUT2D eigenvalue weighted by Crippen LogP contribution is -2.25. The highest BCUT2D eigenvalue weighted by molar-refractivity contribution is 6.02. The van der Waals surface area contributed by atoms with Gasteiger partial charge in [0.2, 0.25) is 0 Å². The van der Waals surface area contributed by atoms with E-state index in [1.807, 2.05) is 0 Å². The molecule has 0 saturated carbocycles. The molecule has 0 aliphatic carbocycles. The van der Waals surface area contributed by atoms with Gasteiger partial charge in [-0.3, -0.25) is 9.59 Å². The van der Waals surface area contributed by atoms with Crippen LogP contribution in [-0.4, -0.2) is 28.9 Å². The molecule has 114 valence electrons. The number of benzene rings is 1. The summed E-state index contributed by atoms with van der Waals surface area (Å²) in [6, 6.07) is 7.89. The van der Waals surface area contributed by atoms with E-state index >= 15 is 0 Å². The summed E-state index contributed by atoms with van der Waals surface area (Å²) in [7, 11) is 0. The molecule has 0 atom stereocenters. The summed E-state index contributed by atoms with van der Waals surface area (Å²) in [6.45, 7) is 3.19. The van der Waals surface area contributed by atoms with E-state index < -0.39 is 0 Å². The largest absolute Gasteiger partial charge is 0.486 e. The normalized spacial score (nSPS) is 12.8. The number of aromatic nitrogens is 2. The Bertz CT molecular complexity index is 770. The Morgan fingerprint density at radius 3 is 2.77 bits per heavy atom. The first-order chi connectivity index (χ1) is 10.7. The Morgan fingerprint density at radius 1 is 1.23 bits per heavy atom. The zero-order valence-electron chi connectivity index (χ0n) is 12.0. The van der Waals surface area contributed by atoms with Crippen LogP contribution in [0.1, 0.15) is 17.4 Å². The van der Waals surface area contributed by atoms with Crippen LogP contribution in [0.2, 0.25) is 0 Å². The van der Waals surface area contributed by atoms with Gasteiger partial charge in [-0.15, -0.1) is 0 Å². The molecule has 1 aliphatic rings. The van der Waals surface area contributed by atoms with Crippen molar-refractivity contribution in [3.8, 4) is 11.5 Å². The van der Waals surface area contributed by atoms with E-state index in [1.54, 1.807) is 25.1 Å². The molecule has 1 amide bonds. The second-order valence-electron chi connectivity index (χ2n) is 4.69. The number of carbonyl (C=O) groups is 1. The molecule has 0 unspecified atom stereocenters. The van der Waals surface area contributed by atoms with Crippen LogP contribution in [0.5, 0.6) is 11.5 Å². The highest BCUT2D eigenvalue weighted by Crippen LogP contribution is 2.32. The lowest BCUT2D eigenvalue weighted by atomic mass is 10.2. The quantitative estimate of drug-likeness (QED) is 0.923. The van der Waals surface area contributed by atoms with Crippen LogP contribution in [-0.2, 0) is 6.54 Å².